The van der Waals surface area contributed by atoms with E-state index in [4.69, 9.17) is 4.98 Å². The minimum absolute atomic E-state index is 0.282. The zero-order chi connectivity index (χ0) is 20.3. The summed E-state index contributed by atoms with van der Waals surface area (Å²) in [5, 5.41) is 1.28. The number of anilines is 1. The average molecular weight is 394 g/mol. The van der Waals surface area contributed by atoms with Gasteiger partial charge in [-0.15, -0.1) is 0 Å². The molecule has 0 radical (unpaired) electrons. The third kappa shape index (κ3) is 1.81. The van der Waals surface area contributed by atoms with Crippen molar-refractivity contribution in [3.8, 4) is 11.1 Å². The Bertz CT molecular complexity index is 1260. The molecule has 0 amide bonds. The van der Waals surface area contributed by atoms with Gasteiger partial charge in [0.1, 0.15) is 6.17 Å². The van der Waals surface area contributed by atoms with Crippen LogP contribution in [0.5, 0.6) is 0 Å². The number of benzene rings is 2. The van der Waals surface area contributed by atoms with E-state index in [1.165, 1.54) is 59.0 Å². The largest absolute Gasteiger partial charge is 0.359 e. The number of aryl methyl sites for hydroxylation is 1. The lowest BCUT2D eigenvalue weighted by atomic mass is 9.65. The SMILES string of the molecule is Cc1ccc2c(c1N1C=CN(C)[C@@H]1C)C1(CC1)C1(CC1)c1c-2ccc2cccnc12. The van der Waals surface area contributed by atoms with Crippen molar-refractivity contribution in [1.29, 1.82) is 0 Å². The Morgan fingerprint density at radius 2 is 1.60 bits per heavy atom. The molecule has 3 aliphatic carbocycles. The summed E-state index contributed by atoms with van der Waals surface area (Å²) in [4.78, 5) is 9.72. The van der Waals surface area contributed by atoms with Gasteiger partial charge in [0.05, 0.1) is 5.52 Å². The van der Waals surface area contributed by atoms with Crippen molar-refractivity contribution in [3.05, 3.63) is 71.7 Å². The molecule has 150 valence electrons. The van der Waals surface area contributed by atoms with Gasteiger partial charge >= 0.3 is 0 Å². The number of pyridine rings is 1. The molecule has 1 aromatic heterocycles. The summed E-state index contributed by atoms with van der Waals surface area (Å²) in [6, 6.07) is 13.7. The zero-order valence-electron chi connectivity index (χ0n) is 17.9. The molecule has 2 heterocycles. The third-order valence-electron chi connectivity index (χ3n) is 8.53. The average Bonchev–Trinajstić information content (AvgIpc) is 3.67. The van der Waals surface area contributed by atoms with Crippen LogP contribution in [0.1, 0.15) is 49.3 Å². The molecule has 1 aliphatic heterocycles. The van der Waals surface area contributed by atoms with Crippen molar-refractivity contribution < 1.29 is 0 Å². The van der Waals surface area contributed by atoms with Crippen LogP contribution in [0.3, 0.4) is 0 Å². The van der Waals surface area contributed by atoms with Gasteiger partial charge in [-0.25, -0.2) is 0 Å². The molecule has 3 aromatic rings. The smallest absolute Gasteiger partial charge is 0.102 e. The van der Waals surface area contributed by atoms with Gasteiger partial charge in [0.15, 0.2) is 0 Å². The molecule has 2 aromatic carbocycles. The quantitative estimate of drug-likeness (QED) is 0.516. The fraction of sp³-hybridized carbons (Fsp3) is 0.370. The Labute approximate surface area is 178 Å². The summed E-state index contributed by atoms with van der Waals surface area (Å²) >= 11 is 0. The minimum atomic E-state index is 0.282. The Kier molecular flexibility index (Phi) is 2.97. The van der Waals surface area contributed by atoms with Gasteiger partial charge in [-0.1, -0.05) is 30.3 Å². The van der Waals surface area contributed by atoms with Crippen LogP contribution >= 0.6 is 0 Å². The van der Waals surface area contributed by atoms with E-state index < -0.39 is 0 Å². The predicted molar refractivity (Wildman–Crippen MR) is 123 cm³/mol. The van der Waals surface area contributed by atoms with Crippen molar-refractivity contribution in [2.24, 2.45) is 0 Å². The lowest BCUT2D eigenvalue weighted by Gasteiger charge is -2.41. The van der Waals surface area contributed by atoms with E-state index in [9.17, 15) is 0 Å². The van der Waals surface area contributed by atoms with Crippen molar-refractivity contribution in [2.75, 3.05) is 11.9 Å². The van der Waals surface area contributed by atoms with Gasteiger partial charge in [0.2, 0.25) is 0 Å². The van der Waals surface area contributed by atoms with Crippen LogP contribution in [0.25, 0.3) is 22.0 Å². The van der Waals surface area contributed by atoms with Crippen LogP contribution in [-0.2, 0) is 10.8 Å². The predicted octanol–water partition coefficient (Wildman–Crippen LogP) is 5.86. The lowest BCUT2D eigenvalue weighted by Crippen LogP contribution is -2.38. The van der Waals surface area contributed by atoms with Crippen molar-refractivity contribution in [3.63, 3.8) is 0 Å². The Hall–Kier alpha value is -2.81. The maximum Gasteiger partial charge on any atom is 0.102 e. The molecule has 30 heavy (non-hydrogen) atoms. The fourth-order valence-corrected chi connectivity index (χ4v) is 6.66. The number of hydrogen-bond acceptors (Lipinski definition) is 3. The van der Waals surface area contributed by atoms with E-state index in [1.807, 2.05) is 6.20 Å². The second-order valence-corrected chi connectivity index (χ2v) is 9.88. The maximum atomic E-state index is 4.91. The Morgan fingerprint density at radius 3 is 2.30 bits per heavy atom. The van der Waals surface area contributed by atoms with E-state index in [-0.39, 0.29) is 10.8 Å². The van der Waals surface area contributed by atoms with Gasteiger partial charge in [-0.05, 0) is 73.4 Å². The van der Waals surface area contributed by atoms with Gasteiger partial charge < -0.3 is 9.80 Å². The monoisotopic (exact) mass is 393 g/mol. The van der Waals surface area contributed by atoms with Gasteiger partial charge in [-0.3, -0.25) is 4.98 Å². The highest BCUT2D eigenvalue weighted by atomic mass is 15.4. The molecular formula is C27H27N3. The first-order valence-electron chi connectivity index (χ1n) is 11.3. The van der Waals surface area contributed by atoms with E-state index in [1.54, 1.807) is 11.1 Å². The molecule has 2 fully saturated rings. The Balaban J connectivity index is 1.59. The normalized spacial score (nSPS) is 23.9. The molecule has 7 rings (SSSR count). The highest BCUT2D eigenvalue weighted by Gasteiger charge is 2.70. The van der Waals surface area contributed by atoms with E-state index >= 15 is 0 Å². The molecular weight excluding hydrogens is 366 g/mol. The van der Waals surface area contributed by atoms with E-state index in [0.29, 0.717) is 6.17 Å². The summed E-state index contributed by atoms with van der Waals surface area (Å²) in [5.41, 5.74) is 10.7. The molecule has 4 aliphatic rings. The molecule has 0 saturated heterocycles. The summed E-state index contributed by atoms with van der Waals surface area (Å²) in [6.07, 6.45) is 12.0. The second kappa shape index (κ2) is 5.26. The maximum absolute atomic E-state index is 4.91. The van der Waals surface area contributed by atoms with E-state index in [0.717, 1.165) is 0 Å². The highest BCUT2D eigenvalue weighted by molar-refractivity contribution is 5.96. The van der Waals surface area contributed by atoms with Gasteiger partial charge in [0.25, 0.3) is 0 Å². The number of aromatic nitrogens is 1. The molecule has 1 atom stereocenters. The molecule has 0 bridgehead atoms. The standard InChI is InChI=1S/C27H27N3/c1-17-6-8-21-20-9-7-19-5-4-14-28-24(19)22(20)26(10-11-26)27(12-13-27)23(21)25(17)30-16-15-29(3)18(30)2/h4-9,14-16,18H,10-13H2,1-3H3/t18-/m0/s1. The van der Waals surface area contributed by atoms with Crippen LogP contribution < -0.4 is 4.90 Å². The van der Waals surface area contributed by atoms with Crippen LogP contribution in [0.15, 0.2) is 55.0 Å². The first kappa shape index (κ1) is 16.9. The number of fused-ring (bicyclic) bond motifs is 8. The molecule has 2 saturated carbocycles. The summed E-state index contributed by atoms with van der Waals surface area (Å²) in [6.45, 7) is 4.60. The van der Waals surface area contributed by atoms with Crippen molar-refractivity contribution >= 4 is 16.6 Å². The van der Waals surface area contributed by atoms with Crippen molar-refractivity contribution in [2.45, 2.75) is 56.5 Å². The van der Waals surface area contributed by atoms with Gasteiger partial charge in [-0.2, -0.15) is 0 Å². The topological polar surface area (TPSA) is 19.4 Å². The molecule has 3 nitrogen and oxygen atoms in total. The van der Waals surface area contributed by atoms with Crippen LogP contribution in [0, 0.1) is 6.92 Å². The first-order valence-corrected chi connectivity index (χ1v) is 11.3. The molecule has 0 unspecified atom stereocenters. The molecule has 2 spiro atoms. The van der Waals surface area contributed by atoms with E-state index in [2.05, 4.69) is 79.5 Å². The first-order chi connectivity index (χ1) is 14.6. The number of nitrogens with zero attached hydrogens (tertiary/aromatic N) is 3. The molecule has 0 N–H and O–H groups in total. The summed E-state index contributed by atoms with van der Waals surface area (Å²) in [7, 11) is 2.17. The highest BCUT2D eigenvalue weighted by Crippen LogP contribution is 2.77. The number of rotatable bonds is 1. The van der Waals surface area contributed by atoms with Crippen LogP contribution in [0.2, 0.25) is 0 Å². The zero-order valence-corrected chi connectivity index (χ0v) is 17.9. The minimum Gasteiger partial charge on any atom is -0.359 e. The van der Waals surface area contributed by atoms with Crippen molar-refractivity contribution in [1.82, 2.24) is 9.88 Å². The summed E-state index contributed by atoms with van der Waals surface area (Å²) < 4.78 is 0. The Morgan fingerprint density at radius 1 is 0.900 bits per heavy atom. The molecule has 3 heteroatoms. The number of hydrogen-bond donors (Lipinski definition) is 0. The summed E-state index contributed by atoms with van der Waals surface area (Å²) in [5.74, 6) is 0. The second-order valence-electron chi connectivity index (χ2n) is 9.88. The lowest BCUT2D eigenvalue weighted by molar-refractivity contribution is 0.381. The fourth-order valence-electron chi connectivity index (χ4n) is 6.66. The van der Waals surface area contributed by atoms with Crippen LogP contribution in [-0.4, -0.2) is 23.1 Å². The third-order valence-corrected chi connectivity index (χ3v) is 8.53. The van der Waals surface area contributed by atoms with Gasteiger partial charge in [0, 0.05) is 47.5 Å². The van der Waals surface area contributed by atoms with Crippen LogP contribution in [0.4, 0.5) is 5.69 Å².